The lowest BCUT2D eigenvalue weighted by molar-refractivity contribution is 0.510. The van der Waals surface area contributed by atoms with Crippen LogP contribution < -0.4 is 14.2 Å². The highest BCUT2D eigenvalue weighted by molar-refractivity contribution is 8.24. The summed E-state index contributed by atoms with van der Waals surface area (Å²) < 4.78 is 86.9. The Bertz CT molecular complexity index is 1070. The number of nitrogens with one attached hydrogen (secondary N) is 3. The molecule has 0 saturated carbocycles. The smallest absolute Gasteiger partial charge is 0.213 e. The van der Waals surface area contributed by atoms with E-state index in [1.54, 1.807) is 6.92 Å². The number of sulfonamides is 3. The second kappa shape index (κ2) is 24.4. The number of unbranched alkanes of at least 4 members (excludes halogenated alkanes) is 16. The standard InChI is InChI=1S/C29H54N6O6S3/c1-2-3-22-29(42(36,37)33-26-19-13-7-4-10-16-23-30,43(38,39)34-27-20-14-8-5-11-17-24-31)44(40,41)35-28-21-15-9-6-12-18-25-32/h33-35H,2-22,26-28H2,1H3. The minimum Gasteiger partial charge on any atom is -0.213 e. The van der Waals surface area contributed by atoms with Gasteiger partial charge < -0.3 is 0 Å². The molecular formula is C29H54N6O6S3. The van der Waals surface area contributed by atoms with Crippen LogP contribution in [0.25, 0.3) is 0 Å². The number of hydrogen-bond acceptors (Lipinski definition) is 9. The molecule has 0 spiro atoms. The van der Waals surface area contributed by atoms with E-state index in [2.05, 4.69) is 32.4 Å². The third-order valence-corrected chi connectivity index (χ3v) is 16.1. The Morgan fingerprint density at radius 3 is 1.00 bits per heavy atom. The van der Waals surface area contributed by atoms with E-state index in [-0.39, 0.29) is 26.1 Å². The molecule has 0 aliphatic rings. The van der Waals surface area contributed by atoms with Crippen molar-refractivity contribution < 1.29 is 25.3 Å². The number of nitrogens with zero attached hydrogens (tertiary/aromatic N) is 3. The van der Waals surface area contributed by atoms with Crippen LogP contribution in [0.1, 0.15) is 142 Å². The molecule has 0 amide bonds. The first-order chi connectivity index (χ1) is 21.0. The summed E-state index contributed by atoms with van der Waals surface area (Å²) in [4.78, 5) is 0. The van der Waals surface area contributed by atoms with Crippen LogP contribution in [-0.2, 0) is 30.1 Å². The van der Waals surface area contributed by atoms with Gasteiger partial charge in [0.25, 0.3) is 0 Å². The average molecular weight is 679 g/mol. The monoisotopic (exact) mass is 678 g/mol. The highest BCUT2D eigenvalue weighted by Gasteiger charge is 2.64. The minimum atomic E-state index is -4.94. The van der Waals surface area contributed by atoms with E-state index in [0.717, 1.165) is 57.8 Å². The summed E-state index contributed by atoms with van der Waals surface area (Å²) in [6.07, 6.45) is 11.3. The zero-order valence-corrected chi connectivity index (χ0v) is 28.9. The number of nitriles is 3. The van der Waals surface area contributed by atoms with E-state index >= 15 is 0 Å². The van der Waals surface area contributed by atoms with Gasteiger partial charge in [0.1, 0.15) is 0 Å². The van der Waals surface area contributed by atoms with Gasteiger partial charge in [-0.1, -0.05) is 71.1 Å². The fourth-order valence-corrected chi connectivity index (χ4v) is 12.4. The molecule has 44 heavy (non-hydrogen) atoms. The molecule has 0 aromatic rings. The van der Waals surface area contributed by atoms with Gasteiger partial charge >= 0.3 is 3.41 Å². The second-order valence-corrected chi connectivity index (χ2v) is 17.8. The molecule has 0 fully saturated rings. The molecule has 0 saturated heterocycles. The summed E-state index contributed by atoms with van der Waals surface area (Å²) >= 11 is 0. The maximum atomic E-state index is 13.9. The van der Waals surface area contributed by atoms with Crippen LogP contribution >= 0.6 is 0 Å². The van der Waals surface area contributed by atoms with Crippen LogP contribution in [0.5, 0.6) is 0 Å². The van der Waals surface area contributed by atoms with Crippen molar-refractivity contribution in [3.8, 4) is 18.2 Å². The Morgan fingerprint density at radius 2 is 0.727 bits per heavy atom. The zero-order valence-electron chi connectivity index (χ0n) is 26.5. The predicted octanol–water partition coefficient (Wildman–Crippen LogP) is 5.18. The van der Waals surface area contributed by atoms with Crippen molar-refractivity contribution in [2.45, 2.75) is 145 Å². The van der Waals surface area contributed by atoms with Crippen molar-refractivity contribution >= 4 is 30.1 Å². The third kappa shape index (κ3) is 15.5. The molecule has 0 aliphatic heterocycles. The summed E-state index contributed by atoms with van der Waals surface area (Å²) in [5, 5.41) is 26.0. The topological polar surface area (TPSA) is 210 Å². The molecule has 15 heteroatoms. The van der Waals surface area contributed by atoms with Crippen LogP contribution in [0.3, 0.4) is 0 Å². The fourth-order valence-electron chi connectivity index (χ4n) is 4.76. The maximum absolute atomic E-state index is 13.9. The maximum Gasteiger partial charge on any atom is 0.313 e. The van der Waals surface area contributed by atoms with Crippen LogP contribution in [0.4, 0.5) is 0 Å². The van der Waals surface area contributed by atoms with Gasteiger partial charge in [0.2, 0.25) is 30.1 Å². The van der Waals surface area contributed by atoms with Gasteiger partial charge in [-0.25, -0.2) is 39.4 Å². The number of rotatable bonds is 30. The fraction of sp³-hybridized carbons (Fsp3) is 0.897. The first-order valence-corrected chi connectivity index (χ1v) is 20.5. The van der Waals surface area contributed by atoms with Crippen molar-refractivity contribution in [3.63, 3.8) is 0 Å². The molecule has 254 valence electrons. The van der Waals surface area contributed by atoms with Crippen molar-refractivity contribution in [1.29, 1.82) is 15.8 Å². The molecule has 0 bridgehead atoms. The molecule has 0 heterocycles. The second-order valence-electron chi connectivity index (χ2n) is 11.0. The van der Waals surface area contributed by atoms with Crippen molar-refractivity contribution in [2.75, 3.05) is 19.6 Å². The zero-order chi connectivity index (χ0) is 33.2. The summed E-state index contributed by atoms with van der Waals surface area (Å²) in [6.45, 7) is 1.41. The Morgan fingerprint density at radius 1 is 0.455 bits per heavy atom. The van der Waals surface area contributed by atoms with Gasteiger partial charge in [0, 0.05) is 45.3 Å². The van der Waals surface area contributed by atoms with Crippen LogP contribution in [0.15, 0.2) is 0 Å². The van der Waals surface area contributed by atoms with Gasteiger partial charge in [0.15, 0.2) is 0 Å². The Labute approximate surface area is 267 Å². The van der Waals surface area contributed by atoms with Crippen LogP contribution in [-0.4, -0.2) is 48.3 Å². The van der Waals surface area contributed by atoms with Gasteiger partial charge in [-0.05, 0) is 44.9 Å². The van der Waals surface area contributed by atoms with Crippen molar-refractivity contribution in [3.05, 3.63) is 0 Å². The lowest BCUT2D eigenvalue weighted by Gasteiger charge is -2.32. The van der Waals surface area contributed by atoms with Crippen LogP contribution in [0.2, 0.25) is 0 Å². The Hall–Kier alpha value is -1.80. The van der Waals surface area contributed by atoms with Gasteiger partial charge in [-0.2, -0.15) is 15.8 Å². The van der Waals surface area contributed by atoms with E-state index in [9.17, 15) is 25.3 Å². The third-order valence-electron chi connectivity index (χ3n) is 7.34. The molecule has 3 N–H and O–H groups in total. The van der Waals surface area contributed by atoms with Crippen LogP contribution in [0, 0.1) is 34.0 Å². The molecule has 0 aromatic carbocycles. The van der Waals surface area contributed by atoms with Gasteiger partial charge in [0.05, 0.1) is 18.2 Å². The molecule has 12 nitrogen and oxygen atoms in total. The quantitative estimate of drug-likeness (QED) is 0.0853. The predicted molar refractivity (Wildman–Crippen MR) is 173 cm³/mol. The van der Waals surface area contributed by atoms with E-state index in [4.69, 9.17) is 15.8 Å². The minimum absolute atomic E-state index is 0.0550. The number of hydrogen-bond donors (Lipinski definition) is 3. The molecule has 0 atom stereocenters. The summed E-state index contributed by atoms with van der Waals surface area (Å²) in [6, 6.07) is 6.23. The SMILES string of the molecule is CCCCC(S(=O)(=O)NCCCCCCCC#N)(S(=O)(=O)NCCCCCCCC#N)S(=O)(=O)NCCCCCCCC#N. The highest BCUT2D eigenvalue weighted by atomic mass is 32.3. The van der Waals surface area contributed by atoms with E-state index < -0.39 is 39.9 Å². The van der Waals surface area contributed by atoms with Gasteiger partial charge in [-0.15, -0.1) is 0 Å². The first kappa shape index (κ1) is 42.2. The van der Waals surface area contributed by atoms with Crippen molar-refractivity contribution in [1.82, 2.24) is 14.2 Å². The molecular weight excluding hydrogens is 625 g/mol. The Balaban J connectivity index is 5.86. The lowest BCUT2D eigenvalue weighted by atomic mass is 10.1. The average Bonchev–Trinajstić information content (AvgIpc) is 2.97. The van der Waals surface area contributed by atoms with Gasteiger partial charge in [-0.3, -0.25) is 0 Å². The van der Waals surface area contributed by atoms with E-state index in [1.807, 2.05) is 0 Å². The Kier molecular flexibility index (Phi) is 23.4. The largest absolute Gasteiger partial charge is 0.313 e. The summed E-state index contributed by atoms with van der Waals surface area (Å²) in [5.74, 6) is 0. The molecule has 0 aliphatic carbocycles. The normalized spacial score (nSPS) is 12.4. The summed E-state index contributed by atoms with van der Waals surface area (Å²) in [5.41, 5.74) is 0. The molecule has 0 rings (SSSR count). The highest BCUT2D eigenvalue weighted by Crippen LogP contribution is 2.35. The molecule has 0 radical (unpaired) electrons. The molecule has 0 aromatic heterocycles. The van der Waals surface area contributed by atoms with E-state index in [0.29, 0.717) is 64.2 Å². The van der Waals surface area contributed by atoms with E-state index in [1.165, 1.54) is 0 Å². The summed E-state index contributed by atoms with van der Waals surface area (Å²) in [7, 11) is -14.8. The molecule has 0 unspecified atom stereocenters. The lowest BCUT2D eigenvalue weighted by Crippen LogP contribution is -2.63. The van der Waals surface area contributed by atoms with Crippen molar-refractivity contribution in [2.24, 2.45) is 0 Å². The first-order valence-electron chi connectivity index (χ1n) is 16.1.